The van der Waals surface area contributed by atoms with E-state index >= 15 is 0 Å². The highest BCUT2D eigenvalue weighted by atomic mass is 35.5. The normalized spacial score (nSPS) is 19.4. The molecule has 1 fully saturated rings. The first-order chi connectivity index (χ1) is 13.3. The van der Waals surface area contributed by atoms with Gasteiger partial charge in [-0.15, -0.1) is 0 Å². The zero-order chi connectivity index (χ0) is 20.4. The molecular formula is C21H22ClFN2O3. The van der Waals surface area contributed by atoms with Crippen LogP contribution in [0.25, 0.3) is 0 Å². The van der Waals surface area contributed by atoms with E-state index in [4.69, 9.17) is 11.6 Å². The number of likely N-dealkylation sites (tertiary alicyclic amines) is 1. The van der Waals surface area contributed by atoms with E-state index in [1.54, 1.807) is 49.2 Å². The first kappa shape index (κ1) is 20.1. The summed E-state index contributed by atoms with van der Waals surface area (Å²) in [5.74, 6) is -0.740. The van der Waals surface area contributed by atoms with Crippen molar-refractivity contribution < 1.29 is 19.1 Å². The summed E-state index contributed by atoms with van der Waals surface area (Å²) in [4.78, 5) is 27.5. The molecule has 1 aliphatic rings. The number of aryl methyl sites for hydroxylation is 1. The van der Waals surface area contributed by atoms with Crippen LogP contribution in [-0.4, -0.2) is 53.1 Å². The predicted octanol–water partition coefficient (Wildman–Crippen LogP) is 4.40. The summed E-state index contributed by atoms with van der Waals surface area (Å²) in [7, 11) is 1.73. The van der Waals surface area contributed by atoms with Crippen molar-refractivity contribution in [1.29, 1.82) is 0 Å². The molecule has 1 heterocycles. The van der Waals surface area contributed by atoms with E-state index in [1.807, 2.05) is 0 Å². The molecule has 2 aromatic carbocycles. The number of likely N-dealkylation sites (N-methyl/N-ethyl adjacent to an activating group) is 1. The standard InChI is InChI=1S/C21H22ClFN2O3/c1-13-11-16(23)7-8-17(13)18-12-25(21(27)28)10-9-19(18)24(2)20(26)14-3-5-15(22)6-4-14/h3-8,11,18-19H,9-10,12H2,1-2H3,(H,27,28). The fourth-order valence-corrected chi connectivity index (χ4v) is 4.01. The van der Waals surface area contributed by atoms with Crippen molar-refractivity contribution in [3.63, 3.8) is 0 Å². The maximum absolute atomic E-state index is 13.6. The maximum Gasteiger partial charge on any atom is 0.407 e. The first-order valence-electron chi connectivity index (χ1n) is 9.04. The highest BCUT2D eigenvalue weighted by molar-refractivity contribution is 6.30. The number of halogens is 2. The van der Waals surface area contributed by atoms with E-state index in [-0.39, 0.29) is 30.2 Å². The van der Waals surface area contributed by atoms with E-state index in [2.05, 4.69) is 0 Å². The number of carbonyl (C=O) groups is 2. The lowest BCUT2D eigenvalue weighted by atomic mass is 9.83. The number of carbonyl (C=O) groups excluding carboxylic acids is 1. The van der Waals surface area contributed by atoms with Crippen LogP contribution in [0.3, 0.4) is 0 Å². The van der Waals surface area contributed by atoms with Crippen molar-refractivity contribution in [2.75, 3.05) is 20.1 Å². The molecule has 1 N–H and O–H groups in total. The van der Waals surface area contributed by atoms with E-state index in [9.17, 15) is 19.1 Å². The van der Waals surface area contributed by atoms with Crippen molar-refractivity contribution in [3.8, 4) is 0 Å². The number of hydrogen-bond acceptors (Lipinski definition) is 2. The summed E-state index contributed by atoms with van der Waals surface area (Å²) >= 11 is 5.91. The minimum Gasteiger partial charge on any atom is -0.465 e. The number of amides is 2. The zero-order valence-corrected chi connectivity index (χ0v) is 16.5. The molecule has 0 saturated carbocycles. The van der Waals surface area contributed by atoms with Crippen molar-refractivity contribution in [1.82, 2.24) is 9.80 Å². The van der Waals surface area contributed by atoms with Gasteiger partial charge in [-0.25, -0.2) is 9.18 Å². The minimum atomic E-state index is -0.991. The van der Waals surface area contributed by atoms with Crippen molar-refractivity contribution in [2.45, 2.75) is 25.3 Å². The molecule has 0 aromatic heterocycles. The highest BCUT2D eigenvalue weighted by Gasteiger charge is 2.37. The van der Waals surface area contributed by atoms with E-state index in [1.165, 1.54) is 17.0 Å². The molecule has 2 atom stereocenters. The average Bonchev–Trinajstić information content (AvgIpc) is 2.67. The third-order valence-corrected chi connectivity index (χ3v) is 5.64. The van der Waals surface area contributed by atoms with E-state index in [0.717, 1.165) is 11.1 Å². The fraction of sp³-hybridized carbons (Fsp3) is 0.333. The second kappa shape index (κ2) is 8.19. The minimum absolute atomic E-state index is 0.157. The van der Waals surface area contributed by atoms with Gasteiger partial charge in [-0.3, -0.25) is 4.79 Å². The van der Waals surface area contributed by atoms with Crippen LogP contribution in [0.1, 0.15) is 33.8 Å². The molecule has 0 aliphatic carbocycles. The van der Waals surface area contributed by atoms with Crippen LogP contribution in [0, 0.1) is 12.7 Å². The average molecular weight is 405 g/mol. The molecular weight excluding hydrogens is 383 g/mol. The van der Waals surface area contributed by atoms with Gasteiger partial charge in [0.15, 0.2) is 0 Å². The van der Waals surface area contributed by atoms with E-state index < -0.39 is 6.09 Å². The van der Waals surface area contributed by atoms with Gasteiger partial charge in [0, 0.05) is 42.7 Å². The molecule has 28 heavy (non-hydrogen) atoms. The third-order valence-electron chi connectivity index (χ3n) is 5.39. The van der Waals surface area contributed by atoms with Gasteiger partial charge in [0.25, 0.3) is 5.91 Å². The topological polar surface area (TPSA) is 60.9 Å². The summed E-state index contributed by atoms with van der Waals surface area (Å²) < 4.78 is 13.6. The molecule has 1 aliphatic heterocycles. The zero-order valence-electron chi connectivity index (χ0n) is 15.7. The number of nitrogens with zero attached hydrogens (tertiary/aromatic N) is 2. The van der Waals surface area contributed by atoms with Gasteiger partial charge in [-0.1, -0.05) is 17.7 Å². The SMILES string of the molecule is Cc1cc(F)ccc1C1CN(C(=O)O)CCC1N(C)C(=O)c1ccc(Cl)cc1. The first-order valence-corrected chi connectivity index (χ1v) is 9.42. The molecule has 2 unspecified atom stereocenters. The Morgan fingerprint density at radius 3 is 2.50 bits per heavy atom. The summed E-state index contributed by atoms with van der Waals surface area (Å²) in [6.45, 7) is 2.40. The van der Waals surface area contributed by atoms with Gasteiger partial charge in [0.05, 0.1) is 0 Å². The molecule has 3 rings (SSSR count). The summed E-state index contributed by atoms with van der Waals surface area (Å²) in [5, 5.41) is 9.98. The van der Waals surface area contributed by atoms with Crippen molar-refractivity contribution in [2.24, 2.45) is 0 Å². The number of piperidine rings is 1. The summed E-state index contributed by atoms with van der Waals surface area (Å²) in [6.07, 6.45) is -0.487. The van der Waals surface area contributed by atoms with Crippen LogP contribution in [-0.2, 0) is 0 Å². The Balaban J connectivity index is 1.93. The smallest absolute Gasteiger partial charge is 0.407 e. The molecule has 148 valence electrons. The molecule has 2 aromatic rings. The highest BCUT2D eigenvalue weighted by Crippen LogP contribution is 2.33. The fourth-order valence-electron chi connectivity index (χ4n) is 3.88. The summed E-state index contributed by atoms with van der Waals surface area (Å²) in [6, 6.07) is 11.0. The molecule has 0 spiro atoms. The maximum atomic E-state index is 13.6. The number of carboxylic acid groups (broad SMARTS) is 1. The van der Waals surface area contributed by atoms with Gasteiger partial charge >= 0.3 is 6.09 Å². The van der Waals surface area contributed by atoms with Crippen LogP contribution in [0.15, 0.2) is 42.5 Å². The Labute approximate surface area is 168 Å². The largest absolute Gasteiger partial charge is 0.465 e. The van der Waals surface area contributed by atoms with Crippen molar-refractivity contribution in [3.05, 3.63) is 70.0 Å². The summed E-state index contributed by atoms with van der Waals surface area (Å²) in [5.41, 5.74) is 2.12. The Bertz CT molecular complexity index is 888. The Morgan fingerprint density at radius 2 is 1.89 bits per heavy atom. The van der Waals surface area contributed by atoms with Gasteiger partial charge in [-0.05, 0) is 60.9 Å². The van der Waals surface area contributed by atoms with Gasteiger partial charge < -0.3 is 14.9 Å². The lowest BCUT2D eigenvalue weighted by Gasteiger charge is -2.42. The van der Waals surface area contributed by atoms with Crippen molar-refractivity contribution >= 4 is 23.6 Å². The van der Waals surface area contributed by atoms with Crippen LogP contribution in [0.5, 0.6) is 0 Å². The van der Waals surface area contributed by atoms with Gasteiger partial charge in [0.2, 0.25) is 0 Å². The van der Waals surface area contributed by atoms with Crippen LogP contribution in [0.4, 0.5) is 9.18 Å². The lowest BCUT2D eigenvalue weighted by Crippen LogP contribution is -2.51. The monoisotopic (exact) mass is 404 g/mol. The quantitative estimate of drug-likeness (QED) is 0.825. The number of rotatable bonds is 3. The Kier molecular flexibility index (Phi) is 5.89. The van der Waals surface area contributed by atoms with Crippen LogP contribution >= 0.6 is 11.6 Å². The number of benzene rings is 2. The molecule has 5 nitrogen and oxygen atoms in total. The predicted molar refractivity (Wildman–Crippen MR) is 105 cm³/mol. The number of hydrogen-bond donors (Lipinski definition) is 1. The van der Waals surface area contributed by atoms with Gasteiger partial charge in [-0.2, -0.15) is 0 Å². The van der Waals surface area contributed by atoms with E-state index in [0.29, 0.717) is 23.6 Å². The molecule has 1 saturated heterocycles. The molecule has 2 amide bonds. The van der Waals surface area contributed by atoms with Crippen LogP contribution < -0.4 is 0 Å². The molecule has 7 heteroatoms. The Hall–Kier alpha value is -2.60. The molecule has 0 radical (unpaired) electrons. The van der Waals surface area contributed by atoms with Crippen LogP contribution in [0.2, 0.25) is 5.02 Å². The molecule has 0 bridgehead atoms. The third kappa shape index (κ3) is 4.12. The lowest BCUT2D eigenvalue weighted by molar-refractivity contribution is 0.0590. The second-order valence-electron chi connectivity index (χ2n) is 7.11. The second-order valence-corrected chi connectivity index (χ2v) is 7.55. The van der Waals surface area contributed by atoms with Gasteiger partial charge in [0.1, 0.15) is 5.82 Å². The Morgan fingerprint density at radius 1 is 1.21 bits per heavy atom.